The van der Waals surface area contributed by atoms with E-state index >= 15 is 0 Å². The Balaban J connectivity index is 0.000000487. The molecule has 0 aliphatic heterocycles. The predicted octanol–water partition coefficient (Wildman–Crippen LogP) is 5.10. The lowest BCUT2D eigenvalue weighted by molar-refractivity contribution is 0.623. The fraction of sp³-hybridized carbons (Fsp3) is 0.667. The number of unbranched alkanes of at least 4 members (excludes halogenated alkanes) is 1. The molecular weight excluding hydrogens is 194 g/mol. The van der Waals surface area contributed by atoms with Gasteiger partial charge in [0.1, 0.15) is 0 Å². The maximum Gasteiger partial charge on any atom is 0.0436 e. The fourth-order valence-electron chi connectivity index (χ4n) is 1.49. The molecule has 0 saturated carbocycles. The summed E-state index contributed by atoms with van der Waals surface area (Å²) in [6.07, 6.45) is 6.92. The van der Waals surface area contributed by atoms with Crippen LogP contribution in [0.3, 0.4) is 0 Å². The van der Waals surface area contributed by atoms with E-state index in [2.05, 4.69) is 45.7 Å². The van der Waals surface area contributed by atoms with Gasteiger partial charge in [0, 0.05) is 17.8 Å². The zero-order chi connectivity index (χ0) is 12.4. The molecule has 0 aliphatic carbocycles. The van der Waals surface area contributed by atoms with E-state index in [9.17, 15) is 0 Å². The molecule has 16 heavy (non-hydrogen) atoms. The van der Waals surface area contributed by atoms with Crippen molar-refractivity contribution < 1.29 is 0 Å². The summed E-state index contributed by atoms with van der Waals surface area (Å²) >= 11 is 0. The monoisotopic (exact) mass is 221 g/mol. The summed E-state index contributed by atoms with van der Waals surface area (Å²) in [6.45, 7) is 10.9. The summed E-state index contributed by atoms with van der Waals surface area (Å²) in [5, 5.41) is 0. The molecule has 1 heterocycles. The Morgan fingerprint density at radius 3 is 2.00 bits per heavy atom. The first kappa shape index (κ1) is 15.2. The van der Waals surface area contributed by atoms with Gasteiger partial charge in [0.15, 0.2) is 0 Å². The number of aromatic nitrogens is 1. The molecule has 1 rings (SSSR count). The summed E-state index contributed by atoms with van der Waals surface area (Å²) in [6, 6.07) is 4.24. The van der Waals surface area contributed by atoms with Gasteiger partial charge in [-0.25, -0.2) is 0 Å². The van der Waals surface area contributed by atoms with E-state index in [-0.39, 0.29) is 0 Å². The maximum absolute atomic E-state index is 4.38. The van der Waals surface area contributed by atoms with Gasteiger partial charge in [0.25, 0.3) is 0 Å². The van der Waals surface area contributed by atoms with Gasteiger partial charge in [-0.15, -0.1) is 0 Å². The van der Waals surface area contributed by atoms with Gasteiger partial charge in [-0.2, -0.15) is 0 Å². The highest BCUT2D eigenvalue weighted by Crippen LogP contribution is 2.20. The molecule has 1 nitrogen and oxygen atoms in total. The molecule has 0 atom stereocenters. The average Bonchev–Trinajstić information content (AvgIpc) is 2.31. The molecule has 0 saturated heterocycles. The van der Waals surface area contributed by atoms with E-state index in [1.54, 1.807) is 0 Å². The summed E-state index contributed by atoms with van der Waals surface area (Å²) in [7, 11) is 0. The van der Waals surface area contributed by atoms with Gasteiger partial charge in [-0.1, -0.05) is 40.5 Å². The standard InChI is InChI=1S/C11H17N.C4H10/c1-4-10(5-2)11-8-9(3)6-7-12-11;1-3-4-2/h6-8,10H,4-5H2,1-3H3;3-4H2,1-2H3. The smallest absolute Gasteiger partial charge is 0.0436 e. The molecule has 0 N–H and O–H groups in total. The molecule has 1 heteroatoms. The Bertz CT molecular complexity index is 262. The van der Waals surface area contributed by atoms with Crippen molar-refractivity contribution in [2.24, 2.45) is 0 Å². The van der Waals surface area contributed by atoms with Gasteiger partial charge in [-0.05, 0) is 37.5 Å². The van der Waals surface area contributed by atoms with Crippen LogP contribution in [0.25, 0.3) is 0 Å². The van der Waals surface area contributed by atoms with Crippen LogP contribution in [0.2, 0.25) is 0 Å². The molecule has 0 spiro atoms. The lowest BCUT2D eigenvalue weighted by Crippen LogP contribution is -1.98. The van der Waals surface area contributed by atoms with Crippen LogP contribution in [-0.2, 0) is 0 Å². The Labute approximate surface area is 101 Å². The number of aryl methyl sites for hydroxylation is 1. The summed E-state index contributed by atoms with van der Waals surface area (Å²) in [4.78, 5) is 4.38. The first-order valence-corrected chi connectivity index (χ1v) is 6.61. The lowest BCUT2D eigenvalue weighted by atomic mass is 9.98. The van der Waals surface area contributed by atoms with Crippen LogP contribution < -0.4 is 0 Å². The Morgan fingerprint density at radius 1 is 1.06 bits per heavy atom. The van der Waals surface area contributed by atoms with Crippen LogP contribution in [-0.4, -0.2) is 4.98 Å². The van der Waals surface area contributed by atoms with Crippen molar-refractivity contribution in [3.63, 3.8) is 0 Å². The van der Waals surface area contributed by atoms with Crippen molar-refractivity contribution in [3.8, 4) is 0 Å². The maximum atomic E-state index is 4.38. The summed E-state index contributed by atoms with van der Waals surface area (Å²) in [5.74, 6) is 0.643. The molecule has 0 radical (unpaired) electrons. The van der Waals surface area contributed by atoms with Crippen LogP contribution in [0.15, 0.2) is 18.3 Å². The minimum Gasteiger partial charge on any atom is -0.261 e. The quantitative estimate of drug-likeness (QED) is 0.689. The summed E-state index contributed by atoms with van der Waals surface area (Å²) < 4.78 is 0. The highest BCUT2D eigenvalue weighted by molar-refractivity contribution is 5.17. The second kappa shape index (κ2) is 9.38. The van der Waals surface area contributed by atoms with E-state index < -0.39 is 0 Å². The van der Waals surface area contributed by atoms with Crippen molar-refractivity contribution in [3.05, 3.63) is 29.6 Å². The lowest BCUT2D eigenvalue weighted by Gasteiger charge is -2.11. The third-order valence-electron chi connectivity index (χ3n) is 2.84. The Kier molecular flexibility index (Phi) is 8.88. The normalized spacial score (nSPS) is 9.88. The van der Waals surface area contributed by atoms with Gasteiger partial charge in [0.2, 0.25) is 0 Å². The van der Waals surface area contributed by atoms with Crippen molar-refractivity contribution in [1.82, 2.24) is 4.98 Å². The number of nitrogens with zero attached hydrogens (tertiary/aromatic N) is 1. The first-order valence-electron chi connectivity index (χ1n) is 6.61. The first-order chi connectivity index (χ1) is 7.69. The van der Waals surface area contributed by atoms with E-state index in [0.29, 0.717) is 5.92 Å². The second-order valence-corrected chi connectivity index (χ2v) is 4.27. The molecule has 1 aromatic rings. The molecule has 0 bridgehead atoms. The topological polar surface area (TPSA) is 12.9 Å². The average molecular weight is 221 g/mol. The van der Waals surface area contributed by atoms with Gasteiger partial charge in [-0.3, -0.25) is 4.98 Å². The van der Waals surface area contributed by atoms with E-state index in [4.69, 9.17) is 0 Å². The SMILES string of the molecule is CCC(CC)c1cc(C)ccn1.CCCC. The van der Waals surface area contributed by atoms with E-state index in [1.165, 1.54) is 36.9 Å². The zero-order valence-corrected chi connectivity index (χ0v) is 11.6. The van der Waals surface area contributed by atoms with Crippen molar-refractivity contribution in [1.29, 1.82) is 0 Å². The molecule has 0 aromatic carbocycles. The Morgan fingerprint density at radius 2 is 1.62 bits per heavy atom. The van der Waals surface area contributed by atoms with Crippen LogP contribution in [0.4, 0.5) is 0 Å². The van der Waals surface area contributed by atoms with Crippen LogP contribution in [0.5, 0.6) is 0 Å². The zero-order valence-electron chi connectivity index (χ0n) is 11.6. The van der Waals surface area contributed by atoms with E-state index in [0.717, 1.165) is 0 Å². The highest BCUT2D eigenvalue weighted by atomic mass is 14.7. The molecule has 92 valence electrons. The van der Waals surface area contributed by atoms with Gasteiger partial charge in [0.05, 0.1) is 0 Å². The minimum atomic E-state index is 0.643. The third kappa shape index (κ3) is 5.89. The van der Waals surface area contributed by atoms with Gasteiger partial charge < -0.3 is 0 Å². The Hall–Kier alpha value is -0.850. The predicted molar refractivity (Wildman–Crippen MR) is 72.9 cm³/mol. The van der Waals surface area contributed by atoms with Crippen LogP contribution in [0.1, 0.15) is 70.6 Å². The number of rotatable bonds is 4. The second-order valence-electron chi connectivity index (χ2n) is 4.27. The molecule has 0 amide bonds. The number of hydrogen-bond donors (Lipinski definition) is 0. The molecular formula is C15H27N. The number of hydrogen-bond acceptors (Lipinski definition) is 1. The minimum absolute atomic E-state index is 0.643. The van der Waals surface area contributed by atoms with Crippen LogP contribution in [0, 0.1) is 6.92 Å². The third-order valence-corrected chi connectivity index (χ3v) is 2.84. The van der Waals surface area contributed by atoms with Crippen molar-refractivity contribution in [2.75, 3.05) is 0 Å². The highest BCUT2D eigenvalue weighted by Gasteiger charge is 2.07. The molecule has 0 unspecified atom stereocenters. The van der Waals surface area contributed by atoms with Crippen molar-refractivity contribution >= 4 is 0 Å². The number of pyridine rings is 1. The molecule has 0 fully saturated rings. The van der Waals surface area contributed by atoms with Gasteiger partial charge >= 0.3 is 0 Å². The largest absolute Gasteiger partial charge is 0.261 e. The molecule has 0 aliphatic rings. The van der Waals surface area contributed by atoms with Crippen LogP contribution >= 0.6 is 0 Å². The molecule has 1 aromatic heterocycles. The summed E-state index contributed by atoms with van der Waals surface area (Å²) in [5.41, 5.74) is 2.56. The van der Waals surface area contributed by atoms with E-state index in [1.807, 2.05) is 12.3 Å². The fourth-order valence-corrected chi connectivity index (χ4v) is 1.49. The van der Waals surface area contributed by atoms with Crippen molar-refractivity contribution in [2.45, 2.75) is 66.2 Å².